The van der Waals surface area contributed by atoms with Crippen LogP contribution in [-0.4, -0.2) is 57.5 Å². The van der Waals surface area contributed by atoms with Gasteiger partial charge < -0.3 is 39.5 Å². The van der Waals surface area contributed by atoms with Crippen LogP contribution in [0.1, 0.15) is 0 Å². The Labute approximate surface area is 172 Å². The fourth-order valence-electron chi connectivity index (χ4n) is 0.583. The van der Waals surface area contributed by atoms with E-state index in [1.54, 1.807) is 0 Å². The van der Waals surface area contributed by atoms with E-state index < -0.39 is 0 Å². The first kappa shape index (κ1) is 31.4. The van der Waals surface area contributed by atoms with Gasteiger partial charge in [0.25, 0.3) is 5.91 Å². The molecule has 108 valence electrons. The highest BCUT2D eigenvalue weighted by molar-refractivity contribution is 14.0. The van der Waals surface area contributed by atoms with Crippen LogP contribution in [0.25, 0.3) is 0 Å². The molecule has 0 aliphatic heterocycles. The Bertz CT molecular complexity index is 196. The summed E-state index contributed by atoms with van der Waals surface area (Å²) in [6.45, 7) is 1.56. The lowest BCUT2D eigenvalue weighted by Gasteiger charge is -2.23. The maximum Gasteiger partial charge on any atom is 0.266 e. The summed E-state index contributed by atoms with van der Waals surface area (Å²) in [6.07, 6.45) is 1.28. The van der Waals surface area contributed by atoms with Crippen molar-refractivity contribution in [3.63, 3.8) is 0 Å². The maximum atomic E-state index is 11.1. The molecule has 0 heterocycles. The van der Waals surface area contributed by atoms with Gasteiger partial charge in [0, 0.05) is 6.54 Å². The summed E-state index contributed by atoms with van der Waals surface area (Å²) in [6, 6.07) is 0. The first-order valence-electron chi connectivity index (χ1n) is 4.24. The molecule has 1 amide bonds. The quantitative estimate of drug-likeness (QED) is 0.147. The third-order valence-electron chi connectivity index (χ3n) is 1.19. The highest BCUT2D eigenvalue weighted by atomic mass is 127. The Kier molecular flexibility index (Phi) is 33.2. The molecule has 0 saturated heterocycles. The molecule has 3 N–H and O–H groups in total. The van der Waals surface area contributed by atoms with E-state index in [0.717, 1.165) is 0 Å². The number of amides is 1. The maximum absolute atomic E-state index is 11.1. The largest absolute Gasteiger partial charge is 1.00 e. The van der Waals surface area contributed by atoms with Gasteiger partial charge in [-0.15, -0.1) is 71.9 Å². The fourth-order valence-corrected chi connectivity index (χ4v) is 0.583. The van der Waals surface area contributed by atoms with E-state index in [9.17, 15) is 4.79 Å². The van der Waals surface area contributed by atoms with Gasteiger partial charge in [-0.3, -0.25) is 9.79 Å². The Morgan fingerprint density at radius 3 is 2.12 bits per heavy atom. The molecule has 0 spiro atoms. The molecule has 0 aliphatic rings. The molecule has 0 aliphatic carbocycles. The predicted molar refractivity (Wildman–Crippen MR) is 99.7 cm³/mol. The molecule has 0 aromatic heterocycles. The van der Waals surface area contributed by atoms with E-state index in [-0.39, 0.29) is 102 Å². The van der Waals surface area contributed by atoms with Crippen molar-refractivity contribution in [2.45, 2.75) is 0 Å². The second-order valence-corrected chi connectivity index (χ2v) is 3.81. The third kappa shape index (κ3) is 27.3. The summed E-state index contributed by atoms with van der Waals surface area (Å²) in [4.78, 5) is 14.9. The summed E-state index contributed by atoms with van der Waals surface area (Å²) < 4.78 is 0.691. The van der Waals surface area contributed by atoms with Gasteiger partial charge in [-0.2, -0.15) is 0 Å². The van der Waals surface area contributed by atoms with E-state index in [1.807, 2.05) is 21.1 Å². The number of hydrogen-bond acceptors (Lipinski definition) is 3. The molecule has 0 atom stereocenters. The first-order valence-corrected chi connectivity index (χ1v) is 4.24. The minimum Gasteiger partial charge on any atom is -1.00 e. The van der Waals surface area contributed by atoms with Crippen LogP contribution in [0.4, 0.5) is 0 Å². The van der Waals surface area contributed by atoms with Crippen LogP contribution in [0.15, 0.2) is 4.99 Å². The summed E-state index contributed by atoms with van der Waals surface area (Å²) in [5, 5.41) is 2.72. The monoisotopic (exact) mass is 698 g/mol. The first-order chi connectivity index (χ1) is 5.95. The number of carbonyl (C=O) groups is 1. The van der Waals surface area contributed by atoms with Gasteiger partial charge in [-0.05, 0) is 0 Å². The van der Waals surface area contributed by atoms with Gasteiger partial charge in [-0.1, -0.05) is 0 Å². The van der Waals surface area contributed by atoms with Crippen molar-refractivity contribution in [1.82, 2.24) is 5.32 Å². The summed E-state index contributed by atoms with van der Waals surface area (Å²) in [5.41, 5.74) is 5.21. The van der Waals surface area contributed by atoms with E-state index in [4.69, 9.17) is 5.73 Å². The third-order valence-corrected chi connectivity index (χ3v) is 1.19. The van der Waals surface area contributed by atoms with E-state index in [2.05, 4.69) is 10.3 Å². The number of hydrogen-bond donors (Lipinski definition) is 2. The molecule has 5 nitrogen and oxygen atoms in total. The zero-order valence-corrected chi connectivity index (χ0v) is 19.3. The zero-order chi connectivity index (χ0) is 10.3. The van der Waals surface area contributed by atoms with Crippen molar-refractivity contribution in [3.8, 4) is 0 Å². The molecule has 0 bridgehead atoms. The van der Waals surface area contributed by atoms with Crippen LogP contribution < -0.4 is 35.0 Å². The minimum absolute atomic E-state index is 0. The molecular weight excluding hydrogens is 676 g/mol. The van der Waals surface area contributed by atoms with Crippen LogP contribution >= 0.6 is 71.9 Å². The van der Waals surface area contributed by atoms with Crippen molar-refractivity contribution in [2.24, 2.45) is 10.7 Å². The van der Waals surface area contributed by atoms with Crippen molar-refractivity contribution in [3.05, 3.63) is 0 Å². The second kappa shape index (κ2) is 18.0. The standard InChI is InChI=1S/C8H18N4O.4HI/c1-12(2,3)7-11-8(13)6-10-5-4-9;;;;/h6H,4-5,7,9H2,1-3H3;4*1H. The van der Waals surface area contributed by atoms with Crippen LogP contribution in [0, 0.1) is 0 Å². The number of nitrogens with one attached hydrogen (secondary N) is 1. The number of halogens is 4. The Balaban J connectivity index is -0.000000120. The van der Waals surface area contributed by atoms with E-state index in [0.29, 0.717) is 24.2 Å². The smallest absolute Gasteiger partial charge is 0.266 e. The number of carbonyl (C=O) groups excluding carboxylic acids is 1. The van der Waals surface area contributed by atoms with Crippen LogP contribution in [0.5, 0.6) is 0 Å². The lowest BCUT2D eigenvalue weighted by atomic mass is 10.6. The molecule has 0 radical (unpaired) electrons. The normalized spacial score (nSPS) is 9.18. The van der Waals surface area contributed by atoms with Crippen LogP contribution in [0.2, 0.25) is 0 Å². The molecule has 0 saturated carbocycles. The average Bonchev–Trinajstić information content (AvgIpc) is 2.00. The van der Waals surface area contributed by atoms with Gasteiger partial charge in [0.2, 0.25) is 0 Å². The number of nitrogens with zero attached hydrogens (tertiary/aromatic N) is 2. The fraction of sp³-hybridized carbons (Fsp3) is 0.750. The van der Waals surface area contributed by atoms with Gasteiger partial charge >= 0.3 is 0 Å². The highest BCUT2D eigenvalue weighted by Gasteiger charge is 2.06. The van der Waals surface area contributed by atoms with Crippen LogP contribution in [0.3, 0.4) is 0 Å². The SMILES string of the molecule is C[N+](C)(C)CNC(=O)C=NCCN.I.I.I.[I-]. The van der Waals surface area contributed by atoms with E-state index >= 15 is 0 Å². The minimum atomic E-state index is -0.165. The average molecular weight is 698 g/mol. The Morgan fingerprint density at radius 1 is 1.29 bits per heavy atom. The predicted octanol–water partition coefficient (Wildman–Crippen LogP) is -2.35. The van der Waals surface area contributed by atoms with Crippen molar-refractivity contribution in [1.29, 1.82) is 0 Å². The van der Waals surface area contributed by atoms with Crippen LogP contribution in [-0.2, 0) is 4.79 Å². The number of rotatable bonds is 5. The summed E-state index contributed by atoms with van der Waals surface area (Å²) in [7, 11) is 5.99. The molecule has 0 fully saturated rings. The van der Waals surface area contributed by atoms with Crippen molar-refractivity contribution >= 4 is 84.1 Å². The van der Waals surface area contributed by atoms with Crippen molar-refractivity contribution < 1.29 is 33.3 Å². The van der Waals surface area contributed by atoms with Gasteiger partial charge in [0.15, 0.2) is 6.67 Å². The molecule has 9 heteroatoms. The number of nitrogens with two attached hydrogens (primary N) is 1. The van der Waals surface area contributed by atoms with Gasteiger partial charge in [-0.25, -0.2) is 0 Å². The highest BCUT2D eigenvalue weighted by Crippen LogP contribution is 1.83. The lowest BCUT2D eigenvalue weighted by molar-refractivity contribution is -0.872. The molecule has 0 aromatic rings. The zero-order valence-electron chi connectivity index (χ0n) is 10.2. The molecule has 0 unspecified atom stereocenters. The number of aliphatic imine (C=N–C) groups is 1. The van der Waals surface area contributed by atoms with Crippen molar-refractivity contribution in [2.75, 3.05) is 40.9 Å². The Hall–Kier alpha value is 1.98. The summed E-state index contributed by atoms with van der Waals surface area (Å²) >= 11 is 0. The summed E-state index contributed by atoms with van der Waals surface area (Å²) in [5.74, 6) is -0.165. The number of quaternary nitrogens is 1. The molecule has 0 rings (SSSR count). The molecule has 17 heavy (non-hydrogen) atoms. The topological polar surface area (TPSA) is 67.5 Å². The van der Waals surface area contributed by atoms with E-state index in [1.165, 1.54) is 6.21 Å². The lowest BCUT2D eigenvalue weighted by Crippen LogP contribution is -3.00. The second-order valence-electron chi connectivity index (χ2n) is 3.81. The van der Waals surface area contributed by atoms with Gasteiger partial charge in [0.1, 0.15) is 0 Å². The Morgan fingerprint density at radius 2 is 1.76 bits per heavy atom. The molecular formula is C8H22I4N4O. The van der Waals surface area contributed by atoms with Gasteiger partial charge in [0.05, 0.1) is 33.9 Å². The molecule has 0 aromatic carbocycles.